The molecule has 1 unspecified atom stereocenters. The minimum Gasteiger partial charge on any atom is -0.394 e. The lowest BCUT2D eigenvalue weighted by molar-refractivity contribution is -0.376. The first-order chi connectivity index (χ1) is 19.6. The third-order valence-corrected chi connectivity index (χ3v) is 7.83. The largest absolute Gasteiger partial charge is 0.430 e. The van der Waals surface area contributed by atoms with Crippen LogP contribution in [0.1, 0.15) is 36.1 Å². The lowest BCUT2D eigenvalue weighted by Crippen LogP contribution is -2.54. The van der Waals surface area contributed by atoms with Gasteiger partial charge in [-0.15, -0.1) is 0 Å². The van der Waals surface area contributed by atoms with Gasteiger partial charge in [0.2, 0.25) is 5.91 Å². The summed E-state index contributed by atoms with van der Waals surface area (Å²) >= 11 is 0. The minimum atomic E-state index is -5.98. The normalized spacial score (nSPS) is 15.1. The Hall–Kier alpha value is -3.49. The summed E-state index contributed by atoms with van der Waals surface area (Å²) in [5.41, 5.74) is -5.18. The first kappa shape index (κ1) is 33.0. The number of nitrogens with zero attached hydrogens (tertiary/aromatic N) is 1. The number of aryl methyl sites for hydroxylation is 1. The molecule has 2 atom stereocenters. The van der Waals surface area contributed by atoms with Gasteiger partial charge in [-0.25, -0.2) is 8.60 Å². The Morgan fingerprint density at radius 1 is 0.976 bits per heavy atom. The molecule has 1 aliphatic heterocycles. The molecule has 0 bridgehead atoms. The molecular formula is C28H27F7N2O4S. The molecule has 0 fully saturated rings. The van der Waals surface area contributed by atoms with Crippen molar-refractivity contribution in [3.63, 3.8) is 0 Å². The molecule has 0 aliphatic carbocycles. The number of aliphatic hydroxyl groups is 2. The Kier molecular flexibility index (Phi) is 10.4. The second-order valence-corrected chi connectivity index (χ2v) is 10.7. The van der Waals surface area contributed by atoms with Gasteiger partial charge in [0.05, 0.1) is 23.2 Å². The second kappa shape index (κ2) is 13.2. The summed E-state index contributed by atoms with van der Waals surface area (Å²) in [6.45, 7) is 1.59. The molecule has 6 nitrogen and oxygen atoms in total. The van der Waals surface area contributed by atoms with Gasteiger partial charge >= 0.3 is 12.4 Å². The van der Waals surface area contributed by atoms with Crippen LogP contribution in [0.25, 0.3) is 0 Å². The van der Waals surface area contributed by atoms with Crippen molar-refractivity contribution in [1.82, 2.24) is 5.32 Å². The zero-order valence-electron chi connectivity index (χ0n) is 22.0. The predicted octanol–water partition coefficient (Wildman–Crippen LogP) is 5.47. The maximum atomic E-state index is 13.1. The summed E-state index contributed by atoms with van der Waals surface area (Å²) in [7, 11) is -1.84. The first-order valence-corrected chi connectivity index (χ1v) is 13.6. The van der Waals surface area contributed by atoms with Crippen molar-refractivity contribution < 1.29 is 49.9 Å². The molecule has 0 aromatic heterocycles. The quantitative estimate of drug-likeness (QED) is 0.319. The number of rotatable bonds is 6. The molecule has 0 radical (unpaired) electrons. The Morgan fingerprint density at radius 2 is 1.57 bits per heavy atom. The SMILES string of the molecule is CC(=O)N[C@@H](CO)c1ccccc1.O=S(c1ccc(F)cc1)N1CCCc2cc(C(O)(C(F)(F)F)C(F)(F)F)ccc21. The molecule has 3 N–H and O–H groups in total. The predicted molar refractivity (Wildman–Crippen MR) is 141 cm³/mol. The van der Waals surface area contributed by atoms with E-state index < -0.39 is 40.3 Å². The molecule has 1 amide bonds. The Bertz CT molecular complexity index is 1370. The van der Waals surface area contributed by atoms with E-state index in [0.717, 1.165) is 23.8 Å². The molecule has 0 spiro atoms. The smallest absolute Gasteiger partial charge is 0.394 e. The van der Waals surface area contributed by atoms with Gasteiger partial charge in [-0.05, 0) is 54.3 Å². The fourth-order valence-corrected chi connectivity index (χ4v) is 5.57. The summed E-state index contributed by atoms with van der Waals surface area (Å²) in [4.78, 5) is 11.0. The van der Waals surface area contributed by atoms with E-state index in [9.17, 15) is 44.8 Å². The van der Waals surface area contributed by atoms with Crippen LogP contribution in [0.3, 0.4) is 0 Å². The highest BCUT2D eigenvalue weighted by Gasteiger charge is 2.71. The number of nitrogens with one attached hydrogen (secondary N) is 1. The summed E-state index contributed by atoms with van der Waals surface area (Å²) in [6.07, 6.45) is -11.5. The van der Waals surface area contributed by atoms with E-state index in [1.165, 1.54) is 23.4 Å². The number of halogens is 7. The van der Waals surface area contributed by atoms with E-state index in [2.05, 4.69) is 5.32 Å². The van der Waals surface area contributed by atoms with Crippen molar-refractivity contribution in [2.45, 2.75) is 48.7 Å². The van der Waals surface area contributed by atoms with Crippen LogP contribution < -0.4 is 9.62 Å². The van der Waals surface area contributed by atoms with E-state index in [1.807, 2.05) is 30.3 Å². The number of aliphatic hydroxyl groups excluding tert-OH is 1. The van der Waals surface area contributed by atoms with Crippen LogP contribution in [0.2, 0.25) is 0 Å². The van der Waals surface area contributed by atoms with Crippen LogP contribution in [-0.2, 0) is 27.8 Å². The van der Waals surface area contributed by atoms with Gasteiger partial charge < -0.3 is 15.5 Å². The summed E-state index contributed by atoms with van der Waals surface area (Å²) < 4.78 is 106. The van der Waals surface area contributed by atoms with Crippen molar-refractivity contribution in [2.24, 2.45) is 0 Å². The third-order valence-electron chi connectivity index (χ3n) is 6.37. The molecule has 4 rings (SSSR count). The summed E-state index contributed by atoms with van der Waals surface area (Å²) in [5.74, 6) is -0.684. The van der Waals surface area contributed by atoms with Crippen LogP contribution in [0.15, 0.2) is 77.7 Å². The number of hydrogen-bond acceptors (Lipinski definition) is 4. The van der Waals surface area contributed by atoms with Crippen LogP contribution in [0.4, 0.5) is 36.4 Å². The molecule has 1 aliphatic rings. The first-order valence-electron chi connectivity index (χ1n) is 12.5. The standard InChI is InChI=1S/C18H14F7NO2S.C10H13NO2/c19-13-4-6-14(7-5-13)29(28)26-9-1-2-11-10-12(3-8-15(11)26)16(27,17(20,21)22)18(23,24)25;1-8(13)11-10(7-12)9-5-3-2-4-6-9/h3-8,10,27H,1-2,9H2;2-6,10,12H,7H2,1H3,(H,11,13)/t;10-/m.0/s1. The van der Waals surface area contributed by atoms with E-state index in [0.29, 0.717) is 18.6 Å². The van der Waals surface area contributed by atoms with Crippen molar-refractivity contribution in [1.29, 1.82) is 0 Å². The molecule has 0 saturated heterocycles. The van der Waals surface area contributed by atoms with E-state index in [4.69, 9.17) is 5.11 Å². The third kappa shape index (κ3) is 7.28. The second-order valence-electron chi connectivity index (χ2n) is 9.30. The highest BCUT2D eigenvalue weighted by atomic mass is 32.2. The van der Waals surface area contributed by atoms with Crippen LogP contribution in [0.5, 0.6) is 0 Å². The maximum Gasteiger partial charge on any atom is 0.430 e. The molecule has 3 aromatic rings. The highest BCUT2D eigenvalue weighted by molar-refractivity contribution is 7.86. The number of hydrogen-bond donors (Lipinski definition) is 3. The van der Waals surface area contributed by atoms with Crippen molar-refractivity contribution in [2.75, 3.05) is 17.5 Å². The number of alkyl halides is 6. The minimum absolute atomic E-state index is 0.0798. The van der Waals surface area contributed by atoms with Crippen LogP contribution in [0, 0.1) is 5.82 Å². The van der Waals surface area contributed by atoms with Gasteiger partial charge in [0.25, 0.3) is 5.60 Å². The van der Waals surface area contributed by atoms with Gasteiger partial charge in [0.15, 0.2) is 11.0 Å². The van der Waals surface area contributed by atoms with Crippen LogP contribution in [-0.4, -0.2) is 45.8 Å². The zero-order valence-corrected chi connectivity index (χ0v) is 22.9. The molecular weight excluding hydrogens is 593 g/mol. The topological polar surface area (TPSA) is 89.9 Å². The van der Waals surface area contributed by atoms with Crippen molar-refractivity contribution >= 4 is 22.6 Å². The zero-order chi connectivity index (χ0) is 31.3. The van der Waals surface area contributed by atoms with Crippen molar-refractivity contribution in [3.8, 4) is 0 Å². The van der Waals surface area contributed by atoms with Crippen molar-refractivity contribution in [3.05, 3.63) is 95.3 Å². The van der Waals surface area contributed by atoms with E-state index in [-0.39, 0.29) is 47.7 Å². The summed E-state index contributed by atoms with van der Waals surface area (Å²) in [5, 5.41) is 21.2. The fourth-order valence-electron chi connectivity index (χ4n) is 4.29. The number of amides is 1. The van der Waals surface area contributed by atoms with Gasteiger partial charge in [0.1, 0.15) is 5.82 Å². The summed E-state index contributed by atoms with van der Waals surface area (Å²) in [6, 6.07) is 16.0. The number of anilines is 1. The van der Waals surface area contributed by atoms with Gasteiger partial charge in [0, 0.05) is 19.0 Å². The Labute approximate surface area is 239 Å². The maximum absolute atomic E-state index is 13.1. The van der Waals surface area contributed by atoms with Gasteiger partial charge in [-0.3, -0.25) is 9.10 Å². The molecule has 3 aromatic carbocycles. The average Bonchev–Trinajstić information content (AvgIpc) is 2.94. The Morgan fingerprint density at radius 3 is 2.10 bits per heavy atom. The molecule has 0 saturated carbocycles. The highest BCUT2D eigenvalue weighted by Crippen LogP contribution is 2.50. The molecule has 42 heavy (non-hydrogen) atoms. The van der Waals surface area contributed by atoms with Gasteiger partial charge in [-0.2, -0.15) is 26.3 Å². The molecule has 228 valence electrons. The van der Waals surface area contributed by atoms with Crippen LogP contribution >= 0.6 is 0 Å². The lowest BCUT2D eigenvalue weighted by atomic mass is 9.89. The van der Waals surface area contributed by atoms with E-state index in [1.54, 1.807) is 0 Å². The van der Waals surface area contributed by atoms with Gasteiger partial charge in [-0.1, -0.05) is 42.5 Å². The average molecular weight is 621 g/mol. The monoisotopic (exact) mass is 620 g/mol. The Balaban J connectivity index is 0.000000312. The number of fused-ring (bicyclic) bond motifs is 1. The molecule has 1 heterocycles. The molecule has 14 heteroatoms. The number of carbonyl (C=O) groups excluding carboxylic acids is 1. The van der Waals surface area contributed by atoms with E-state index >= 15 is 0 Å². The number of benzene rings is 3. The number of carbonyl (C=O) groups is 1. The fraction of sp³-hybridized carbons (Fsp3) is 0.321. The lowest BCUT2D eigenvalue weighted by Gasteiger charge is -2.35.